The van der Waals surface area contributed by atoms with Crippen LogP contribution < -0.4 is 11.1 Å². The highest BCUT2D eigenvalue weighted by Gasteiger charge is 2.13. The van der Waals surface area contributed by atoms with Gasteiger partial charge in [0.1, 0.15) is 0 Å². The molecule has 5 nitrogen and oxygen atoms in total. The van der Waals surface area contributed by atoms with Crippen LogP contribution in [0.3, 0.4) is 0 Å². The summed E-state index contributed by atoms with van der Waals surface area (Å²) in [5, 5.41) is 3.15. The van der Waals surface area contributed by atoms with E-state index in [-0.39, 0.29) is 0 Å². The summed E-state index contributed by atoms with van der Waals surface area (Å²) in [7, 11) is 0. The Balaban J connectivity index is 1.48. The average molecular weight is 367 g/mol. The molecule has 0 saturated carbocycles. The van der Waals surface area contributed by atoms with E-state index in [2.05, 4.69) is 60.6 Å². The van der Waals surface area contributed by atoms with Gasteiger partial charge in [-0.05, 0) is 61.1 Å². The van der Waals surface area contributed by atoms with Crippen molar-refractivity contribution in [3.8, 4) is 0 Å². The minimum absolute atomic E-state index is 0.319. The fourth-order valence-corrected chi connectivity index (χ4v) is 2.98. The van der Waals surface area contributed by atoms with Gasteiger partial charge in [-0.1, -0.05) is 30.3 Å². The number of guanidine groups is 1. The van der Waals surface area contributed by atoms with Crippen molar-refractivity contribution in [3.05, 3.63) is 64.7 Å². The minimum atomic E-state index is 0.319. The largest absolute Gasteiger partial charge is 0.381 e. The van der Waals surface area contributed by atoms with E-state index in [9.17, 15) is 0 Å². The van der Waals surface area contributed by atoms with E-state index >= 15 is 0 Å². The first-order chi connectivity index (χ1) is 13.1. The Morgan fingerprint density at radius 2 is 1.78 bits per heavy atom. The second-order valence-electron chi connectivity index (χ2n) is 7.06. The first-order valence-electron chi connectivity index (χ1n) is 9.51. The van der Waals surface area contributed by atoms with Gasteiger partial charge in [-0.25, -0.2) is 4.99 Å². The van der Waals surface area contributed by atoms with Gasteiger partial charge in [0.15, 0.2) is 5.96 Å². The van der Waals surface area contributed by atoms with Crippen LogP contribution in [-0.2, 0) is 22.6 Å². The Hall–Kier alpha value is -2.37. The number of nitrogens with two attached hydrogens (primary N) is 1. The summed E-state index contributed by atoms with van der Waals surface area (Å²) in [6.45, 7) is 6.98. The first-order valence-corrected chi connectivity index (χ1v) is 9.51. The Kier molecular flexibility index (Phi) is 6.85. The van der Waals surface area contributed by atoms with E-state index < -0.39 is 0 Å². The molecule has 0 atom stereocenters. The molecule has 3 N–H and O–H groups in total. The zero-order valence-electron chi connectivity index (χ0n) is 16.2. The average Bonchev–Trinajstić information content (AvgIpc) is 2.69. The van der Waals surface area contributed by atoms with Crippen molar-refractivity contribution in [1.29, 1.82) is 0 Å². The summed E-state index contributed by atoms with van der Waals surface area (Å²) < 4.78 is 11.3. The molecule has 0 aromatic heterocycles. The molecule has 27 heavy (non-hydrogen) atoms. The highest BCUT2D eigenvalue weighted by molar-refractivity contribution is 5.92. The number of nitrogens with one attached hydrogen (secondary N) is 1. The summed E-state index contributed by atoms with van der Waals surface area (Å²) >= 11 is 0. The number of aryl methyl sites for hydroxylation is 2. The molecular formula is C22H29N3O2. The smallest absolute Gasteiger partial charge is 0.193 e. The molecule has 0 aliphatic carbocycles. The number of aliphatic imine (C=N–C) groups is 1. The van der Waals surface area contributed by atoms with Crippen LogP contribution in [0.4, 0.5) is 5.69 Å². The van der Waals surface area contributed by atoms with E-state index in [4.69, 9.17) is 15.2 Å². The standard InChI is InChI=1S/C22H29N3O2/c1-16-3-8-20(13-17(16)2)25-22(23)24-14-18-4-6-19(7-5-18)15-27-21-9-11-26-12-10-21/h3-8,13,21H,9-12,14-15H2,1-2H3,(H3,23,24,25). The summed E-state index contributed by atoms with van der Waals surface area (Å²) in [6.07, 6.45) is 2.29. The van der Waals surface area contributed by atoms with Crippen LogP contribution >= 0.6 is 0 Å². The molecule has 5 heteroatoms. The molecule has 3 rings (SSSR count). The lowest BCUT2D eigenvalue weighted by Crippen LogP contribution is -2.23. The normalized spacial score (nSPS) is 15.7. The molecular weight excluding hydrogens is 338 g/mol. The minimum Gasteiger partial charge on any atom is -0.381 e. The van der Waals surface area contributed by atoms with Crippen LogP contribution in [-0.4, -0.2) is 25.3 Å². The van der Waals surface area contributed by atoms with Gasteiger partial charge in [-0.2, -0.15) is 0 Å². The van der Waals surface area contributed by atoms with E-state index in [0.717, 1.165) is 37.3 Å². The number of ether oxygens (including phenoxy) is 2. The third-order valence-corrected chi connectivity index (χ3v) is 4.89. The Bertz CT molecular complexity index is 766. The summed E-state index contributed by atoms with van der Waals surface area (Å²) in [6, 6.07) is 14.5. The van der Waals surface area contributed by atoms with Crippen molar-refractivity contribution < 1.29 is 9.47 Å². The Labute approximate surface area is 161 Å². The quantitative estimate of drug-likeness (QED) is 0.600. The van der Waals surface area contributed by atoms with Crippen LogP contribution in [0, 0.1) is 13.8 Å². The van der Waals surface area contributed by atoms with Crippen molar-refractivity contribution >= 4 is 11.6 Å². The second kappa shape index (κ2) is 9.53. The first kappa shape index (κ1) is 19.4. The van der Waals surface area contributed by atoms with Crippen LogP contribution in [0.1, 0.15) is 35.1 Å². The predicted molar refractivity (Wildman–Crippen MR) is 110 cm³/mol. The van der Waals surface area contributed by atoms with E-state index in [1.807, 2.05) is 6.07 Å². The molecule has 0 unspecified atom stereocenters. The predicted octanol–water partition coefficient (Wildman–Crippen LogP) is 3.93. The second-order valence-corrected chi connectivity index (χ2v) is 7.06. The highest BCUT2D eigenvalue weighted by atomic mass is 16.5. The maximum atomic E-state index is 6.01. The monoisotopic (exact) mass is 367 g/mol. The molecule has 0 bridgehead atoms. The molecule has 0 radical (unpaired) electrons. The fraction of sp³-hybridized carbons (Fsp3) is 0.409. The molecule has 1 aliphatic heterocycles. The molecule has 2 aromatic rings. The maximum absolute atomic E-state index is 6.01. The Morgan fingerprint density at radius 1 is 1.07 bits per heavy atom. The van der Waals surface area contributed by atoms with Gasteiger partial charge < -0.3 is 20.5 Å². The molecule has 144 valence electrons. The van der Waals surface area contributed by atoms with Crippen LogP contribution in [0.2, 0.25) is 0 Å². The molecule has 0 amide bonds. The van der Waals surface area contributed by atoms with Crippen LogP contribution in [0.15, 0.2) is 47.5 Å². The van der Waals surface area contributed by atoms with Crippen molar-refractivity contribution in [2.75, 3.05) is 18.5 Å². The van der Waals surface area contributed by atoms with Crippen LogP contribution in [0.25, 0.3) is 0 Å². The van der Waals surface area contributed by atoms with Gasteiger partial charge in [0.25, 0.3) is 0 Å². The van der Waals surface area contributed by atoms with Gasteiger partial charge >= 0.3 is 0 Å². The van der Waals surface area contributed by atoms with Crippen molar-refractivity contribution in [2.24, 2.45) is 10.7 Å². The molecule has 1 heterocycles. The highest BCUT2D eigenvalue weighted by Crippen LogP contribution is 2.15. The van der Waals surface area contributed by atoms with E-state index in [1.165, 1.54) is 16.7 Å². The molecule has 1 aliphatic rings. The van der Waals surface area contributed by atoms with Crippen molar-refractivity contribution in [1.82, 2.24) is 0 Å². The number of anilines is 1. The molecule has 0 spiro atoms. The van der Waals surface area contributed by atoms with Gasteiger partial charge in [0, 0.05) is 18.9 Å². The summed E-state index contributed by atoms with van der Waals surface area (Å²) in [5.41, 5.74) is 11.8. The van der Waals surface area contributed by atoms with Crippen molar-refractivity contribution in [2.45, 2.75) is 45.9 Å². The molecule has 2 aromatic carbocycles. The zero-order chi connectivity index (χ0) is 19.1. The third-order valence-electron chi connectivity index (χ3n) is 4.89. The topological polar surface area (TPSA) is 68.9 Å². The van der Waals surface area contributed by atoms with Gasteiger partial charge in [-0.15, -0.1) is 0 Å². The summed E-state index contributed by atoms with van der Waals surface area (Å²) in [4.78, 5) is 4.43. The molecule has 1 fully saturated rings. The van der Waals surface area contributed by atoms with Crippen LogP contribution in [0.5, 0.6) is 0 Å². The number of nitrogens with zero attached hydrogens (tertiary/aromatic N) is 1. The number of rotatable bonds is 6. The van der Waals surface area contributed by atoms with E-state index in [1.54, 1.807) is 0 Å². The van der Waals surface area contributed by atoms with Gasteiger partial charge in [-0.3, -0.25) is 0 Å². The lowest BCUT2D eigenvalue weighted by Gasteiger charge is -2.22. The number of benzene rings is 2. The summed E-state index contributed by atoms with van der Waals surface area (Å²) in [5.74, 6) is 0.421. The lowest BCUT2D eigenvalue weighted by molar-refractivity contribution is -0.0390. The third kappa shape index (κ3) is 6.08. The molecule has 1 saturated heterocycles. The zero-order valence-corrected chi connectivity index (χ0v) is 16.2. The maximum Gasteiger partial charge on any atom is 0.193 e. The van der Waals surface area contributed by atoms with Gasteiger partial charge in [0.05, 0.1) is 19.3 Å². The Morgan fingerprint density at radius 3 is 2.48 bits per heavy atom. The van der Waals surface area contributed by atoms with E-state index in [0.29, 0.717) is 25.2 Å². The van der Waals surface area contributed by atoms with Gasteiger partial charge in [0.2, 0.25) is 0 Å². The fourth-order valence-electron chi connectivity index (χ4n) is 2.98. The number of hydrogen-bond donors (Lipinski definition) is 2. The van der Waals surface area contributed by atoms with Crippen molar-refractivity contribution in [3.63, 3.8) is 0 Å². The lowest BCUT2D eigenvalue weighted by atomic mass is 10.1. The SMILES string of the molecule is Cc1ccc(NC(N)=NCc2ccc(COC3CCOCC3)cc2)cc1C. The number of hydrogen-bond acceptors (Lipinski definition) is 3.